The molecule has 0 aliphatic carbocycles. The summed E-state index contributed by atoms with van der Waals surface area (Å²) in [5, 5.41) is 2.84. The van der Waals surface area contributed by atoms with Gasteiger partial charge in [-0.1, -0.05) is 28.1 Å². The number of ether oxygens (including phenoxy) is 1. The van der Waals surface area contributed by atoms with Gasteiger partial charge < -0.3 is 10.1 Å². The monoisotopic (exact) mass is 383 g/mol. The molecule has 1 N–H and O–H groups in total. The predicted octanol–water partition coefficient (Wildman–Crippen LogP) is 4.47. The van der Waals surface area contributed by atoms with E-state index in [1.165, 1.54) is 0 Å². The molecular weight excluding hydrogens is 374 g/mol. The number of rotatable bonds is 3. The molecule has 1 amide bonds. The Labute approximate surface area is 128 Å². The molecule has 0 heterocycles. The molecule has 0 aliphatic rings. The van der Waals surface area contributed by atoms with Crippen LogP contribution >= 0.6 is 31.9 Å². The van der Waals surface area contributed by atoms with Crippen molar-refractivity contribution in [1.29, 1.82) is 0 Å². The second kappa shape index (κ2) is 6.21. The Hall–Kier alpha value is -1.33. The number of carbonyl (C=O) groups excluding carboxylic acids is 1. The number of carbonyl (C=O) groups is 1. The van der Waals surface area contributed by atoms with E-state index in [-0.39, 0.29) is 5.91 Å². The average molecular weight is 385 g/mol. The summed E-state index contributed by atoms with van der Waals surface area (Å²) >= 11 is 6.74. The summed E-state index contributed by atoms with van der Waals surface area (Å²) < 4.78 is 6.85. The summed E-state index contributed by atoms with van der Waals surface area (Å²) in [5.74, 6) is 0.317. The fourth-order valence-corrected chi connectivity index (χ4v) is 2.35. The van der Waals surface area contributed by atoms with Crippen molar-refractivity contribution < 1.29 is 9.53 Å². The molecule has 0 radical (unpaired) electrons. The highest BCUT2D eigenvalue weighted by molar-refractivity contribution is 9.10. The molecule has 0 unspecified atom stereocenters. The molecule has 0 aliphatic heterocycles. The number of nitrogens with one attached hydrogen (secondary N) is 1. The van der Waals surface area contributed by atoms with E-state index in [2.05, 4.69) is 37.2 Å². The van der Waals surface area contributed by atoms with E-state index in [4.69, 9.17) is 4.74 Å². The van der Waals surface area contributed by atoms with Crippen LogP contribution in [0.25, 0.3) is 0 Å². The van der Waals surface area contributed by atoms with Gasteiger partial charge in [-0.2, -0.15) is 0 Å². The highest BCUT2D eigenvalue weighted by Gasteiger charge is 2.13. The number of para-hydroxylation sites is 1. The van der Waals surface area contributed by atoms with E-state index in [1.807, 2.05) is 30.3 Å². The number of methoxy groups -OCH3 is 1. The Bertz CT molecular complexity index is 614. The van der Waals surface area contributed by atoms with E-state index >= 15 is 0 Å². The first kappa shape index (κ1) is 14.1. The summed E-state index contributed by atoms with van der Waals surface area (Å²) in [6, 6.07) is 12.7. The van der Waals surface area contributed by atoms with Gasteiger partial charge in [0.2, 0.25) is 0 Å². The number of amides is 1. The minimum atomic E-state index is -0.218. The zero-order valence-electron chi connectivity index (χ0n) is 10.1. The standard InChI is InChI=1S/C14H11Br2NO2/c1-19-13-7-6-9(15)8-10(13)14(18)17-12-5-3-2-4-11(12)16/h2-8H,1H3,(H,17,18). The van der Waals surface area contributed by atoms with Crippen molar-refractivity contribution in [2.24, 2.45) is 0 Å². The zero-order valence-corrected chi connectivity index (χ0v) is 13.3. The first-order valence-electron chi connectivity index (χ1n) is 5.51. The van der Waals surface area contributed by atoms with Crippen molar-refractivity contribution in [1.82, 2.24) is 0 Å². The Morgan fingerprint density at radius 3 is 2.58 bits per heavy atom. The van der Waals surface area contributed by atoms with Crippen LogP contribution in [0.5, 0.6) is 5.75 Å². The summed E-state index contributed by atoms with van der Waals surface area (Å²) in [6.07, 6.45) is 0. The van der Waals surface area contributed by atoms with Crippen LogP contribution in [0.1, 0.15) is 10.4 Å². The minimum absolute atomic E-state index is 0.218. The van der Waals surface area contributed by atoms with E-state index in [0.717, 1.165) is 14.6 Å². The van der Waals surface area contributed by atoms with Gasteiger partial charge in [0.15, 0.2) is 0 Å². The number of benzene rings is 2. The quantitative estimate of drug-likeness (QED) is 0.847. The lowest BCUT2D eigenvalue weighted by Gasteiger charge is -2.10. The van der Waals surface area contributed by atoms with Gasteiger partial charge in [0.25, 0.3) is 5.91 Å². The van der Waals surface area contributed by atoms with Gasteiger partial charge in [0.05, 0.1) is 18.4 Å². The number of hydrogen-bond donors (Lipinski definition) is 1. The highest BCUT2D eigenvalue weighted by Crippen LogP contribution is 2.26. The second-order valence-corrected chi connectivity index (χ2v) is 5.55. The fraction of sp³-hybridized carbons (Fsp3) is 0.0714. The van der Waals surface area contributed by atoms with Gasteiger partial charge >= 0.3 is 0 Å². The molecule has 2 rings (SSSR count). The van der Waals surface area contributed by atoms with Gasteiger partial charge in [-0.15, -0.1) is 0 Å². The maximum atomic E-state index is 12.3. The zero-order chi connectivity index (χ0) is 13.8. The van der Waals surface area contributed by atoms with Crippen LogP contribution in [0.2, 0.25) is 0 Å². The van der Waals surface area contributed by atoms with Crippen LogP contribution in [0, 0.1) is 0 Å². The lowest BCUT2D eigenvalue weighted by molar-refractivity contribution is 0.102. The first-order valence-corrected chi connectivity index (χ1v) is 7.10. The molecule has 0 spiro atoms. The molecule has 2 aromatic carbocycles. The normalized spacial score (nSPS) is 10.1. The maximum Gasteiger partial charge on any atom is 0.259 e. The average Bonchev–Trinajstić information content (AvgIpc) is 2.41. The van der Waals surface area contributed by atoms with Gasteiger partial charge in [-0.3, -0.25) is 4.79 Å². The van der Waals surface area contributed by atoms with Crippen LogP contribution < -0.4 is 10.1 Å². The van der Waals surface area contributed by atoms with Crippen molar-refractivity contribution >= 4 is 43.5 Å². The molecule has 98 valence electrons. The molecule has 3 nitrogen and oxygen atoms in total. The number of halogens is 2. The third-order valence-corrected chi connectivity index (χ3v) is 3.71. The molecule has 0 fully saturated rings. The SMILES string of the molecule is COc1ccc(Br)cc1C(=O)Nc1ccccc1Br. The Kier molecular flexibility index (Phi) is 4.61. The van der Waals surface area contributed by atoms with E-state index < -0.39 is 0 Å². The van der Waals surface area contributed by atoms with Crippen LogP contribution in [0.15, 0.2) is 51.4 Å². The molecule has 0 saturated heterocycles. The first-order chi connectivity index (χ1) is 9.11. The van der Waals surface area contributed by atoms with Crippen molar-refractivity contribution in [2.75, 3.05) is 12.4 Å². The van der Waals surface area contributed by atoms with Crippen LogP contribution in [-0.4, -0.2) is 13.0 Å². The van der Waals surface area contributed by atoms with E-state index in [0.29, 0.717) is 11.3 Å². The van der Waals surface area contributed by atoms with E-state index in [9.17, 15) is 4.79 Å². The summed E-state index contributed by atoms with van der Waals surface area (Å²) in [7, 11) is 1.54. The summed E-state index contributed by atoms with van der Waals surface area (Å²) in [6.45, 7) is 0. The van der Waals surface area contributed by atoms with Crippen molar-refractivity contribution in [2.45, 2.75) is 0 Å². The predicted molar refractivity (Wildman–Crippen MR) is 82.8 cm³/mol. The molecule has 0 saturated carbocycles. The molecule has 0 bridgehead atoms. The Morgan fingerprint density at radius 1 is 1.16 bits per heavy atom. The lowest BCUT2D eigenvalue weighted by Crippen LogP contribution is -2.13. The number of hydrogen-bond acceptors (Lipinski definition) is 2. The van der Waals surface area contributed by atoms with E-state index in [1.54, 1.807) is 19.2 Å². The summed E-state index contributed by atoms with van der Waals surface area (Å²) in [5.41, 5.74) is 1.20. The fourth-order valence-electron chi connectivity index (χ4n) is 1.61. The molecule has 5 heteroatoms. The Morgan fingerprint density at radius 2 is 1.89 bits per heavy atom. The van der Waals surface area contributed by atoms with Crippen LogP contribution in [-0.2, 0) is 0 Å². The molecule has 2 aromatic rings. The topological polar surface area (TPSA) is 38.3 Å². The minimum Gasteiger partial charge on any atom is -0.496 e. The van der Waals surface area contributed by atoms with Gasteiger partial charge in [0, 0.05) is 8.95 Å². The second-order valence-electron chi connectivity index (χ2n) is 3.78. The maximum absolute atomic E-state index is 12.3. The smallest absolute Gasteiger partial charge is 0.259 e. The summed E-state index contributed by atoms with van der Waals surface area (Å²) in [4.78, 5) is 12.3. The number of anilines is 1. The lowest BCUT2D eigenvalue weighted by atomic mass is 10.2. The van der Waals surface area contributed by atoms with Crippen molar-refractivity contribution in [3.63, 3.8) is 0 Å². The molecule has 19 heavy (non-hydrogen) atoms. The molecular formula is C14H11Br2NO2. The van der Waals surface area contributed by atoms with Crippen molar-refractivity contribution in [3.8, 4) is 5.75 Å². The largest absolute Gasteiger partial charge is 0.496 e. The highest BCUT2D eigenvalue weighted by atomic mass is 79.9. The van der Waals surface area contributed by atoms with Gasteiger partial charge in [-0.25, -0.2) is 0 Å². The Balaban J connectivity index is 2.30. The molecule has 0 atom stereocenters. The van der Waals surface area contributed by atoms with Gasteiger partial charge in [0.1, 0.15) is 5.75 Å². The van der Waals surface area contributed by atoms with Crippen molar-refractivity contribution in [3.05, 3.63) is 57.0 Å². The third kappa shape index (κ3) is 3.36. The molecule has 0 aromatic heterocycles. The van der Waals surface area contributed by atoms with Gasteiger partial charge in [-0.05, 0) is 46.3 Å². The van der Waals surface area contributed by atoms with Crippen LogP contribution in [0.3, 0.4) is 0 Å². The van der Waals surface area contributed by atoms with Crippen LogP contribution in [0.4, 0.5) is 5.69 Å². The third-order valence-electron chi connectivity index (χ3n) is 2.53.